The van der Waals surface area contributed by atoms with Crippen molar-refractivity contribution in [2.45, 2.75) is 59.0 Å². The maximum Gasteiger partial charge on any atom is 0.250 e. The van der Waals surface area contributed by atoms with Crippen molar-refractivity contribution in [3.63, 3.8) is 0 Å². The summed E-state index contributed by atoms with van der Waals surface area (Å²) in [6.45, 7) is 11.0. The second-order valence-electron chi connectivity index (χ2n) is 7.43. The Morgan fingerprint density at radius 2 is 2.07 bits per heavy atom. The van der Waals surface area contributed by atoms with Gasteiger partial charge in [-0.2, -0.15) is 0 Å². The lowest BCUT2D eigenvalue weighted by Gasteiger charge is -2.13. The molecule has 0 bridgehead atoms. The minimum absolute atomic E-state index is 0.0425. The first-order valence-corrected chi connectivity index (χ1v) is 9.53. The van der Waals surface area contributed by atoms with Crippen molar-refractivity contribution < 1.29 is 4.42 Å². The van der Waals surface area contributed by atoms with Crippen molar-refractivity contribution in [2.24, 2.45) is 4.99 Å². The van der Waals surface area contributed by atoms with Crippen LogP contribution < -0.4 is 16.2 Å². The topological polar surface area (TPSA) is 84.4 Å². The van der Waals surface area contributed by atoms with Gasteiger partial charge in [0, 0.05) is 37.3 Å². The second kappa shape index (κ2) is 9.94. The zero-order valence-electron chi connectivity index (χ0n) is 16.8. The molecule has 0 aliphatic heterocycles. The molecular formula is C20H31N5O2. The van der Waals surface area contributed by atoms with Crippen LogP contribution in [0.25, 0.3) is 0 Å². The molecular weight excluding hydrogens is 342 g/mol. The number of aryl methyl sites for hydroxylation is 1. The summed E-state index contributed by atoms with van der Waals surface area (Å²) >= 11 is 0. The number of nitrogens with one attached hydrogen (secondary N) is 2. The molecule has 2 rings (SSSR count). The molecule has 0 atom stereocenters. The van der Waals surface area contributed by atoms with Gasteiger partial charge < -0.3 is 19.6 Å². The average molecular weight is 374 g/mol. The summed E-state index contributed by atoms with van der Waals surface area (Å²) in [4.78, 5) is 20.5. The number of hydrogen-bond donors (Lipinski definition) is 2. The molecule has 7 heteroatoms. The fourth-order valence-electron chi connectivity index (χ4n) is 2.48. The molecule has 2 N–H and O–H groups in total. The predicted octanol–water partition coefficient (Wildman–Crippen LogP) is 2.67. The second-order valence-corrected chi connectivity index (χ2v) is 7.43. The summed E-state index contributed by atoms with van der Waals surface area (Å²) in [5.74, 6) is 2.22. The van der Waals surface area contributed by atoms with Gasteiger partial charge in [0.1, 0.15) is 12.3 Å². The molecule has 0 saturated heterocycles. The largest absolute Gasteiger partial charge is 0.443 e. The van der Waals surface area contributed by atoms with Crippen LogP contribution in [0.15, 0.2) is 44.8 Å². The molecule has 2 aromatic rings. The number of nitrogens with zero attached hydrogens (tertiary/aromatic N) is 3. The molecule has 0 radical (unpaired) electrons. The van der Waals surface area contributed by atoms with Crippen molar-refractivity contribution >= 4 is 5.96 Å². The Hall–Kier alpha value is -2.57. The molecule has 148 valence electrons. The van der Waals surface area contributed by atoms with Crippen LogP contribution in [0.3, 0.4) is 0 Å². The molecule has 0 spiro atoms. The van der Waals surface area contributed by atoms with Crippen molar-refractivity contribution in [2.75, 3.05) is 13.1 Å². The van der Waals surface area contributed by atoms with Crippen molar-refractivity contribution in [3.05, 3.63) is 52.6 Å². The number of rotatable bonds is 8. The van der Waals surface area contributed by atoms with E-state index in [4.69, 9.17) is 4.42 Å². The van der Waals surface area contributed by atoms with Gasteiger partial charge >= 0.3 is 0 Å². The minimum atomic E-state index is -0.0571. The molecule has 27 heavy (non-hydrogen) atoms. The first-order valence-electron chi connectivity index (χ1n) is 9.53. The Morgan fingerprint density at radius 1 is 1.26 bits per heavy atom. The molecule has 0 aromatic carbocycles. The summed E-state index contributed by atoms with van der Waals surface area (Å²) in [5.41, 5.74) is -0.0146. The molecule has 0 aliphatic rings. The number of unbranched alkanes of at least 4 members (excludes halogenated alkanes) is 1. The monoisotopic (exact) mass is 373 g/mol. The van der Waals surface area contributed by atoms with E-state index in [1.54, 1.807) is 22.9 Å². The Morgan fingerprint density at radius 3 is 2.74 bits per heavy atom. The zero-order chi connectivity index (χ0) is 19.7. The fraction of sp³-hybridized carbons (Fsp3) is 0.550. The molecule has 7 nitrogen and oxygen atoms in total. The summed E-state index contributed by atoms with van der Waals surface area (Å²) < 4.78 is 7.50. The highest BCUT2D eigenvalue weighted by molar-refractivity contribution is 5.79. The number of oxazole rings is 1. The third kappa shape index (κ3) is 6.92. The molecule has 2 heterocycles. The summed E-state index contributed by atoms with van der Waals surface area (Å²) in [7, 11) is 0. The summed E-state index contributed by atoms with van der Waals surface area (Å²) in [6.07, 6.45) is 5.46. The number of aromatic nitrogens is 2. The lowest BCUT2D eigenvalue weighted by molar-refractivity contribution is 0.383. The van der Waals surface area contributed by atoms with Gasteiger partial charge in [0.05, 0.1) is 6.20 Å². The third-order valence-corrected chi connectivity index (χ3v) is 4.03. The summed E-state index contributed by atoms with van der Waals surface area (Å²) in [6, 6.07) is 5.23. The maximum absolute atomic E-state index is 11.7. The minimum Gasteiger partial charge on any atom is -0.443 e. The van der Waals surface area contributed by atoms with Crippen LogP contribution in [0.2, 0.25) is 0 Å². The highest BCUT2D eigenvalue weighted by Crippen LogP contribution is 2.22. The van der Waals surface area contributed by atoms with Crippen molar-refractivity contribution in [1.29, 1.82) is 0 Å². The lowest BCUT2D eigenvalue weighted by atomic mass is 9.94. The van der Waals surface area contributed by atoms with E-state index in [1.165, 1.54) is 0 Å². The summed E-state index contributed by atoms with van der Waals surface area (Å²) in [5, 5.41) is 6.53. The Balaban J connectivity index is 1.79. The molecule has 0 aliphatic carbocycles. The Bertz CT molecular complexity index is 786. The number of aliphatic imine (C=N–C) groups is 1. The van der Waals surface area contributed by atoms with Gasteiger partial charge in [-0.3, -0.25) is 4.79 Å². The molecule has 2 aromatic heterocycles. The van der Waals surface area contributed by atoms with Crippen LogP contribution in [-0.4, -0.2) is 28.6 Å². The standard InChI is InChI=1S/C20H31N5O2/c1-5-21-19(24-15-17-23-14-16(27-17)20(2,3)4)22-11-7-9-13-25-12-8-6-10-18(25)26/h6,8,10,12,14H,5,7,9,11,13,15H2,1-4H3,(H2,21,22,24). The SMILES string of the molecule is CCNC(=NCc1ncc(C(C)(C)C)o1)NCCCCn1ccccc1=O. The van der Waals surface area contributed by atoms with Crippen LogP contribution in [0.1, 0.15) is 52.2 Å². The van der Waals surface area contributed by atoms with Crippen LogP contribution in [-0.2, 0) is 18.5 Å². The van der Waals surface area contributed by atoms with Crippen molar-refractivity contribution in [3.8, 4) is 0 Å². The highest BCUT2D eigenvalue weighted by Gasteiger charge is 2.18. The van der Waals surface area contributed by atoms with Crippen molar-refractivity contribution in [1.82, 2.24) is 20.2 Å². The van der Waals surface area contributed by atoms with Crippen LogP contribution in [0, 0.1) is 0 Å². The quantitative estimate of drug-likeness (QED) is 0.422. The average Bonchev–Trinajstić information content (AvgIpc) is 3.10. The molecule has 0 fully saturated rings. The van der Waals surface area contributed by atoms with Crippen LogP contribution in [0.4, 0.5) is 0 Å². The highest BCUT2D eigenvalue weighted by atomic mass is 16.4. The van der Waals surface area contributed by atoms with Gasteiger partial charge in [-0.15, -0.1) is 0 Å². The first kappa shape index (κ1) is 20.7. The lowest BCUT2D eigenvalue weighted by Crippen LogP contribution is -2.37. The Kier molecular flexibility index (Phi) is 7.64. The van der Waals surface area contributed by atoms with E-state index >= 15 is 0 Å². The fourth-order valence-corrected chi connectivity index (χ4v) is 2.48. The van der Waals surface area contributed by atoms with E-state index in [9.17, 15) is 4.79 Å². The number of guanidine groups is 1. The first-order chi connectivity index (χ1) is 12.9. The van der Waals surface area contributed by atoms with Crippen LogP contribution in [0.5, 0.6) is 0 Å². The molecule has 0 amide bonds. The van der Waals surface area contributed by atoms with E-state index in [-0.39, 0.29) is 11.0 Å². The van der Waals surface area contributed by atoms with E-state index in [1.807, 2.05) is 19.2 Å². The van der Waals surface area contributed by atoms with Gasteiger partial charge in [-0.05, 0) is 25.8 Å². The van der Waals surface area contributed by atoms with Gasteiger partial charge in [0.15, 0.2) is 5.96 Å². The van der Waals surface area contributed by atoms with Gasteiger partial charge in [-0.25, -0.2) is 9.98 Å². The zero-order valence-corrected chi connectivity index (χ0v) is 16.8. The smallest absolute Gasteiger partial charge is 0.250 e. The van der Waals surface area contributed by atoms with E-state index in [0.29, 0.717) is 12.4 Å². The molecule has 0 saturated carbocycles. The Labute approximate surface area is 160 Å². The van der Waals surface area contributed by atoms with E-state index < -0.39 is 0 Å². The third-order valence-electron chi connectivity index (χ3n) is 4.03. The van der Waals surface area contributed by atoms with Gasteiger partial charge in [0.2, 0.25) is 11.4 Å². The van der Waals surface area contributed by atoms with Gasteiger partial charge in [0.25, 0.3) is 0 Å². The van der Waals surface area contributed by atoms with E-state index in [0.717, 1.165) is 44.2 Å². The van der Waals surface area contributed by atoms with E-state index in [2.05, 4.69) is 41.4 Å². The number of hydrogen-bond acceptors (Lipinski definition) is 4. The number of pyridine rings is 1. The predicted molar refractivity (Wildman–Crippen MR) is 108 cm³/mol. The van der Waals surface area contributed by atoms with Gasteiger partial charge in [-0.1, -0.05) is 26.8 Å². The van der Waals surface area contributed by atoms with Crippen LogP contribution >= 0.6 is 0 Å². The normalized spacial score (nSPS) is 12.2. The molecule has 0 unspecified atom stereocenters. The maximum atomic E-state index is 11.7.